The molecule has 138 valence electrons. The number of amides is 1. The summed E-state index contributed by atoms with van der Waals surface area (Å²) in [5.41, 5.74) is 0.754. The van der Waals surface area contributed by atoms with Crippen molar-refractivity contribution in [3.63, 3.8) is 0 Å². The van der Waals surface area contributed by atoms with E-state index < -0.39 is 0 Å². The second kappa shape index (κ2) is 8.23. The van der Waals surface area contributed by atoms with E-state index in [1.165, 1.54) is 6.07 Å². The van der Waals surface area contributed by atoms with Crippen LogP contribution in [0.1, 0.15) is 28.8 Å². The lowest BCUT2D eigenvalue weighted by Crippen LogP contribution is -2.46. The summed E-state index contributed by atoms with van der Waals surface area (Å²) >= 11 is 0. The van der Waals surface area contributed by atoms with Crippen LogP contribution < -0.4 is 10.2 Å². The van der Waals surface area contributed by atoms with Crippen LogP contribution in [0, 0.1) is 12.7 Å². The van der Waals surface area contributed by atoms with Gasteiger partial charge in [-0.25, -0.2) is 14.4 Å². The van der Waals surface area contributed by atoms with Crippen LogP contribution in [-0.2, 0) is 6.54 Å². The van der Waals surface area contributed by atoms with Crippen molar-refractivity contribution in [1.29, 1.82) is 0 Å². The number of rotatable bonds is 5. The summed E-state index contributed by atoms with van der Waals surface area (Å²) in [6, 6.07) is 8.11. The number of benzene rings is 1. The van der Waals surface area contributed by atoms with Gasteiger partial charge in [0.15, 0.2) is 0 Å². The molecule has 1 fully saturated rings. The Kier molecular flexibility index (Phi) is 5.78. The Bertz CT molecular complexity index is 774. The van der Waals surface area contributed by atoms with Gasteiger partial charge in [0.2, 0.25) is 0 Å². The summed E-state index contributed by atoms with van der Waals surface area (Å²) in [7, 11) is 0. The number of aromatic nitrogens is 2. The third-order valence-electron chi connectivity index (χ3n) is 4.60. The normalized spacial score (nSPS) is 15.1. The molecule has 0 unspecified atom stereocenters. The molecular weight excluding hydrogens is 333 g/mol. The largest absolute Gasteiger partial charge is 0.354 e. The van der Waals surface area contributed by atoms with E-state index in [1.54, 1.807) is 31.2 Å². The lowest BCUT2D eigenvalue weighted by molar-refractivity contribution is 0.0945. The molecule has 1 saturated heterocycles. The van der Waals surface area contributed by atoms with Gasteiger partial charge in [0.05, 0.1) is 0 Å². The van der Waals surface area contributed by atoms with Gasteiger partial charge in [0.1, 0.15) is 23.2 Å². The van der Waals surface area contributed by atoms with Crippen LogP contribution in [-0.4, -0.2) is 53.5 Å². The van der Waals surface area contributed by atoms with Gasteiger partial charge in [0, 0.05) is 44.4 Å². The number of hydrogen-bond donors (Lipinski definition) is 1. The molecule has 0 saturated carbocycles. The second-order valence-corrected chi connectivity index (χ2v) is 6.35. The molecule has 2 aromatic rings. The van der Waals surface area contributed by atoms with Crippen molar-refractivity contribution in [3.05, 3.63) is 53.2 Å². The zero-order valence-corrected chi connectivity index (χ0v) is 15.2. The smallest absolute Gasteiger partial charge is 0.270 e. The van der Waals surface area contributed by atoms with Gasteiger partial charge in [-0.2, -0.15) is 0 Å². The Hall–Kier alpha value is -2.54. The van der Waals surface area contributed by atoms with Crippen LogP contribution in [0.2, 0.25) is 0 Å². The van der Waals surface area contributed by atoms with Crippen molar-refractivity contribution < 1.29 is 9.18 Å². The van der Waals surface area contributed by atoms with E-state index >= 15 is 0 Å². The van der Waals surface area contributed by atoms with E-state index in [2.05, 4.69) is 32.0 Å². The number of hydrogen-bond acceptors (Lipinski definition) is 5. The van der Waals surface area contributed by atoms with Crippen LogP contribution in [0.3, 0.4) is 0 Å². The third-order valence-corrected chi connectivity index (χ3v) is 4.60. The third kappa shape index (κ3) is 4.35. The molecule has 1 aromatic carbocycles. The van der Waals surface area contributed by atoms with Crippen molar-refractivity contribution in [2.45, 2.75) is 20.4 Å². The van der Waals surface area contributed by atoms with E-state index in [1.807, 2.05) is 0 Å². The van der Waals surface area contributed by atoms with Gasteiger partial charge < -0.3 is 15.1 Å². The van der Waals surface area contributed by atoms with Crippen molar-refractivity contribution in [1.82, 2.24) is 20.2 Å². The number of nitrogens with one attached hydrogen (secondary N) is 1. The summed E-state index contributed by atoms with van der Waals surface area (Å²) < 4.78 is 13.7. The van der Waals surface area contributed by atoms with Crippen LogP contribution in [0.15, 0.2) is 30.3 Å². The fourth-order valence-electron chi connectivity index (χ4n) is 3.03. The van der Waals surface area contributed by atoms with Crippen LogP contribution in [0.5, 0.6) is 0 Å². The molecule has 3 rings (SSSR count). The summed E-state index contributed by atoms with van der Waals surface area (Å²) in [5.74, 6) is 0.661. The molecular formula is C19H24FN5O. The highest BCUT2D eigenvalue weighted by molar-refractivity contribution is 5.92. The maximum Gasteiger partial charge on any atom is 0.270 e. The number of carbonyl (C=O) groups excluding carboxylic acids is 1. The maximum absolute atomic E-state index is 13.7. The maximum atomic E-state index is 13.7. The molecule has 1 aliphatic heterocycles. The fraction of sp³-hybridized carbons (Fsp3) is 0.421. The standard InChI is InChI=1S/C19H24FN5O/c1-3-24-8-10-25(11-9-24)18-12-17(22-14(2)23-18)19(26)21-13-15-6-4-5-7-16(15)20/h4-7,12H,3,8-11,13H2,1-2H3,(H,21,26). The topological polar surface area (TPSA) is 61.4 Å². The summed E-state index contributed by atoms with van der Waals surface area (Å²) in [6.07, 6.45) is 0. The van der Waals surface area contributed by atoms with E-state index in [0.29, 0.717) is 17.1 Å². The summed E-state index contributed by atoms with van der Waals surface area (Å²) in [5, 5.41) is 2.73. The molecule has 1 amide bonds. The number of nitrogens with zero attached hydrogens (tertiary/aromatic N) is 4. The van der Waals surface area contributed by atoms with Gasteiger partial charge in [-0.05, 0) is 19.5 Å². The van der Waals surface area contributed by atoms with Gasteiger partial charge in [0.25, 0.3) is 5.91 Å². The molecule has 6 nitrogen and oxygen atoms in total. The number of likely N-dealkylation sites (N-methyl/N-ethyl adjacent to an activating group) is 1. The van der Waals surface area contributed by atoms with Gasteiger partial charge in [-0.15, -0.1) is 0 Å². The van der Waals surface area contributed by atoms with E-state index in [0.717, 1.165) is 38.5 Å². The SMILES string of the molecule is CCN1CCN(c2cc(C(=O)NCc3ccccc3F)nc(C)n2)CC1. The zero-order valence-electron chi connectivity index (χ0n) is 15.2. The number of aryl methyl sites for hydroxylation is 1. The monoisotopic (exact) mass is 357 g/mol. The first kappa shape index (κ1) is 18.3. The predicted molar refractivity (Wildman–Crippen MR) is 98.7 cm³/mol. The Morgan fingerprint density at radius 3 is 2.62 bits per heavy atom. The van der Waals surface area contributed by atoms with E-state index in [-0.39, 0.29) is 18.3 Å². The minimum absolute atomic E-state index is 0.124. The van der Waals surface area contributed by atoms with Gasteiger partial charge >= 0.3 is 0 Å². The van der Waals surface area contributed by atoms with E-state index in [9.17, 15) is 9.18 Å². The van der Waals surface area contributed by atoms with Crippen molar-refractivity contribution >= 4 is 11.7 Å². The Morgan fingerprint density at radius 2 is 1.92 bits per heavy atom. The fourth-order valence-corrected chi connectivity index (χ4v) is 3.03. The lowest BCUT2D eigenvalue weighted by atomic mass is 10.2. The average molecular weight is 357 g/mol. The molecule has 0 aliphatic carbocycles. The highest BCUT2D eigenvalue weighted by Crippen LogP contribution is 2.15. The first-order chi connectivity index (χ1) is 12.6. The van der Waals surface area contributed by atoms with Crippen LogP contribution in [0.4, 0.5) is 10.2 Å². The van der Waals surface area contributed by atoms with Gasteiger partial charge in [-0.1, -0.05) is 25.1 Å². The molecule has 0 atom stereocenters. The minimum Gasteiger partial charge on any atom is -0.354 e. The van der Waals surface area contributed by atoms with Crippen molar-refractivity contribution in [2.24, 2.45) is 0 Å². The Labute approximate surface area is 153 Å². The minimum atomic E-state index is -0.332. The molecule has 2 heterocycles. The molecule has 26 heavy (non-hydrogen) atoms. The molecule has 0 bridgehead atoms. The molecule has 0 radical (unpaired) electrons. The molecule has 1 N–H and O–H groups in total. The number of halogens is 1. The highest BCUT2D eigenvalue weighted by atomic mass is 19.1. The average Bonchev–Trinajstić information content (AvgIpc) is 2.66. The van der Waals surface area contributed by atoms with Gasteiger partial charge in [-0.3, -0.25) is 4.79 Å². The second-order valence-electron chi connectivity index (χ2n) is 6.35. The highest BCUT2D eigenvalue weighted by Gasteiger charge is 2.19. The van der Waals surface area contributed by atoms with Crippen LogP contribution in [0.25, 0.3) is 0 Å². The zero-order chi connectivity index (χ0) is 18.5. The Balaban J connectivity index is 1.69. The molecule has 1 aliphatic rings. The molecule has 1 aromatic heterocycles. The first-order valence-corrected chi connectivity index (χ1v) is 8.91. The first-order valence-electron chi connectivity index (χ1n) is 8.91. The van der Waals surface area contributed by atoms with Crippen LogP contribution >= 0.6 is 0 Å². The van der Waals surface area contributed by atoms with E-state index in [4.69, 9.17) is 0 Å². The van der Waals surface area contributed by atoms with Crippen molar-refractivity contribution in [3.8, 4) is 0 Å². The number of carbonyl (C=O) groups is 1. The predicted octanol–water partition coefficient (Wildman–Crippen LogP) is 2.00. The number of anilines is 1. The summed E-state index contributed by atoms with van der Waals surface area (Å²) in [6.45, 7) is 8.81. The summed E-state index contributed by atoms with van der Waals surface area (Å²) in [4.78, 5) is 25.7. The molecule has 0 spiro atoms. The van der Waals surface area contributed by atoms with Crippen molar-refractivity contribution in [2.75, 3.05) is 37.6 Å². The Morgan fingerprint density at radius 1 is 1.19 bits per heavy atom. The molecule has 7 heteroatoms. The number of piperazine rings is 1. The quantitative estimate of drug-likeness (QED) is 0.887. The lowest BCUT2D eigenvalue weighted by Gasteiger charge is -2.34.